The number of Topliss-reactive ketones (excluding diaryl/α,β-unsaturated/α-hetero) is 2. The average Bonchev–Trinajstić information content (AvgIpc) is 2.80. The zero-order valence-electron chi connectivity index (χ0n) is 22.4. The summed E-state index contributed by atoms with van der Waals surface area (Å²) in [6, 6.07) is 10.8. The minimum absolute atomic E-state index is 0.0000470. The molecule has 0 fully saturated rings. The van der Waals surface area contributed by atoms with Crippen molar-refractivity contribution in [2.45, 2.75) is 65.9 Å². The minimum Gasteiger partial charge on any atom is -0.493 e. The van der Waals surface area contributed by atoms with Crippen molar-refractivity contribution in [2.75, 3.05) is 7.11 Å². The Kier molecular flexibility index (Phi) is 6.90. The highest BCUT2D eigenvalue weighted by atomic mass is 35.5. The Balaban J connectivity index is 1.66. The van der Waals surface area contributed by atoms with Gasteiger partial charge in [-0.1, -0.05) is 69.1 Å². The average molecular weight is 555 g/mol. The molecule has 0 atom stereocenters. The summed E-state index contributed by atoms with van der Waals surface area (Å²) in [4.78, 5) is 27.4. The number of ether oxygens (including phenoxy) is 3. The largest absolute Gasteiger partial charge is 0.493 e. The summed E-state index contributed by atoms with van der Waals surface area (Å²) in [6.07, 6.45) is 2.01. The number of hydrogen-bond acceptors (Lipinski definition) is 5. The lowest BCUT2D eigenvalue weighted by atomic mass is 9.65. The Morgan fingerprint density at radius 1 is 0.895 bits per heavy atom. The maximum atomic E-state index is 13.7. The molecule has 2 aliphatic carbocycles. The van der Waals surface area contributed by atoms with E-state index >= 15 is 0 Å². The first-order valence-electron chi connectivity index (χ1n) is 12.8. The number of allylic oxidation sites excluding steroid dienone is 4. The molecule has 5 nitrogen and oxygen atoms in total. The van der Waals surface area contributed by atoms with E-state index in [4.69, 9.17) is 37.4 Å². The van der Waals surface area contributed by atoms with Gasteiger partial charge in [-0.2, -0.15) is 0 Å². The summed E-state index contributed by atoms with van der Waals surface area (Å²) in [5.41, 5.74) is 2.11. The summed E-state index contributed by atoms with van der Waals surface area (Å²) >= 11 is 12.5. The number of benzene rings is 2. The van der Waals surface area contributed by atoms with Gasteiger partial charge in [-0.05, 0) is 29.0 Å². The van der Waals surface area contributed by atoms with Crippen LogP contribution in [0.2, 0.25) is 10.0 Å². The van der Waals surface area contributed by atoms with E-state index in [-0.39, 0.29) is 29.0 Å². The van der Waals surface area contributed by atoms with Gasteiger partial charge in [0.1, 0.15) is 18.1 Å². The van der Waals surface area contributed by atoms with Crippen molar-refractivity contribution in [3.05, 3.63) is 80.2 Å². The van der Waals surface area contributed by atoms with Gasteiger partial charge >= 0.3 is 0 Å². The summed E-state index contributed by atoms with van der Waals surface area (Å²) in [5, 5.41) is 1.03. The maximum Gasteiger partial charge on any atom is 0.165 e. The SMILES string of the molecule is COc1cccc(C2C3=C(CC(C)(C)CC3=O)OC3=C2C(=O)CC(C)(C)C3)c1OCc1ccc(Cl)cc1Cl. The third kappa shape index (κ3) is 4.99. The van der Waals surface area contributed by atoms with Crippen LogP contribution >= 0.6 is 23.2 Å². The van der Waals surface area contributed by atoms with Gasteiger partial charge in [-0.15, -0.1) is 0 Å². The monoisotopic (exact) mass is 554 g/mol. The predicted octanol–water partition coefficient (Wildman–Crippen LogP) is 7.98. The Morgan fingerprint density at radius 2 is 1.50 bits per heavy atom. The lowest BCUT2D eigenvalue weighted by Gasteiger charge is -2.43. The van der Waals surface area contributed by atoms with Gasteiger partial charge < -0.3 is 14.2 Å². The molecule has 5 rings (SSSR count). The summed E-state index contributed by atoms with van der Waals surface area (Å²) in [7, 11) is 1.57. The fourth-order valence-electron chi connectivity index (χ4n) is 5.85. The van der Waals surface area contributed by atoms with Crippen LogP contribution in [-0.4, -0.2) is 18.7 Å². The van der Waals surface area contributed by atoms with Crippen molar-refractivity contribution in [2.24, 2.45) is 10.8 Å². The molecule has 0 spiro atoms. The fraction of sp³-hybridized carbons (Fsp3) is 0.419. The van der Waals surface area contributed by atoms with Crippen LogP contribution in [0.25, 0.3) is 0 Å². The zero-order chi connectivity index (χ0) is 27.4. The van der Waals surface area contributed by atoms with E-state index in [1.54, 1.807) is 19.2 Å². The molecule has 200 valence electrons. The van der Waals surface area contributed by atoms with Gasteiger partial charge in [-0.3, -0.25) is 9.59 Å². The molecule has 1 heterocycles. The van der Waals surface area contributed by atoms with Crippen molar-refractivity contribution in [1.29, 1.82) is 0 Å². The summed E-state index contributed by atoms with van der Waals surface area (Å²) in [6.45, 7) is 8.45. The first kappa shape index (κ1) is 26.8. The van der Waals surface area contributed by atoms with Crippen molar-refractivity contribution in [1.82, 2.24) is 0 Å². The molecule has 38 heavy (non-hydrogen) atoms. The molecule has 1 aliphatic heterocycles. The highest BCUT2D eigenvalue weighted by molar-refractivity contribution is 6.35. The molecule has 0 saturated carbocycles. The van der Waals surface area contributed by atoms with E-state index in [1.807, 2.05) is 24.3 Å². The van der Waals surface area contributed by atoms with Crippen LogP contribution in [0.1, 0.15) is 70.4 Å². The fourth-order valence-corrected chi connectivity index (χ4v) is 6.31. The van der Waals surface area contributed by atoms with Gasteiger partial charge in [0, 0.05) is 58.0 Å². The van der Waals surface area contributed by atoms with Crippen molar-refractivity contribution in [3.8, 4) is 11.5 Å². The van der Waals surface area contributed by atoms with E-state index in [0.717, 1.165) is 5.56 Å². The standard InChI is InChI=1S/C31H32Cl2O5/c1-30(2)12-21(34)27-24(14-30)38-25-15-31(3,4)13-22(35)28(25)26(27)19-7-6-8-23(36-5)29(19)37-16-17-9-10-18(32)11-20(17)33/h6-11,26H,12-16H2,1-5H3. The molecule has 7 heteroatoms. The molecular formula is C31H32Cl2O5. The smallest absolute Gasteiger partial charge is 0.165 e. The Labute approximate surface area is 233 Å². The topological polar surface area (TPSA) is 61.8 Å². The molecule has 0 saturated heterocycles. The quantitative estimate of drug-likeness (QED) is 0.374. The van der Waals surface area contributed by atoms with Crippen molar-refractivity contribution >= 4 is 34.8 Å². The number of halogens is 2. The normalized spacial score (nSPS) is 20.6. The number of carbonyl (C=O) groups excluding carboxylic acids is 2. The third-order valence-electron chi connectivity index (χ3n) is 7.51. The number of carbonyl (C=O) groups is 2. The molecule has 0 bridgehead atoms. The van der Waals surface area contributed by atoms with Gasteiger partial charge in [0.15, 0.2) is 23.1 Å². The highest BCUT2D eigenvalue weighted by Crippen LogP contribution is 2.55. The van der Waals surface area contributed by atoms with Crippen LogP contribution in [0.5, 0.6) is 11.5 Å². The molecular weight excluding hydrogens is 523 g/mol. The number of methoxy groups -OCH3 is 1. The highest BCUT2D eigenvalue weighted by Gasteiger charge is 2.48. The number of hydrogen-bond donors (Lipinski definition) is 0. The van der Waals surface area contributed by atoms with Crippen LogP contribution < -0.4 is 9.47 Å². The van der Waals surface area contributed by atoms with E-state index < -0.39 is 5.92 Å². The lowest BCUT2D eigenvalue weighted by molar-refractivity contribution is -0.120. The predicted molar refractivity (Wildman–Crippen MR) is 148 cm³/mol. The van der Waals surface area contributed by atoms with E-state index in [2.05, 4.69) is 27.7 Å². The van der Waals surface area contributed by atoms with E-state index in [1.165, 1.54) is 0 Å². The number of ketones is 2. The lowest BCUT2D eigenvalue weighted by Crippen LogP contribution is -2.37. The maximum absolute atomic E-state index is 13.7. The van der Waals surface area contributed by atoms with Gasteiger partial charge in [0.25, 0.3) is 0 Å². The van der Waals surface area contributed by atoms with E-state index in [0.29, 0.717) is 75.5 Å². The summed E-state index contributed by atoms with van der Waals surface area (Å²) < 4.78 is 18.5. The Hall–Kier alpha value is -2.76. The van der Waals surface area contributed by atoms with Crippen LogP contribution in [-0.2, 0) is 20.9 Å². The molecule has 0 amide bonds. The molecule has 0 aromatic heterocycles. The summed E-state index contributed by atoms with van der Waals surface area (Å²) in [5.74, 6) is 1.72. The Bertz CT molecular complexity index is 1350. The van der Waals surface area contributed by atoms with Crippen LogP contribution in [0.4, 0.5) is 0 Å². The molecule has 2 aromatic carbocycles. The van der Waals surface area contributed by atoms with E-state index in [9.17, 15) is 9.59 Å². The second-order valence-corrected chi connectivity index (χ2v) is 12.8. The zero-order valence-corrected chi connectivity index (χ0v) is 23.9. The molecule has 0 radical (unpaired) electrons. The molecule has 2 aromatic rings. The van der Waals surface area contributed by atoms with Gasteiger partial charge in [0.05, 0.1) is 13.0 Å². The second-order valence-electron chi connectivity index (χ2n) is 12.0. The number of rotatable bonds is 5. The Morgan fingerprint density at radius 3 is 2.05 bits per heavy atom. The third-order valence-corrected chi connectivity index (χ3v) is 8.10. The van der Waals surface area contributed by atoms with Crippen molar-refractivity contribution < 1.29 is 23.8 Å². The number of para-hydroxylation sites is 1. The van der Waals surface area contributed by atoms with Crippen LogP contribution in [0.15, 0.2) is 59.1 Å². The van der Waals surface area contributed by atoms with Gasteiger partial charge in [-0.25, -0.2) is 0 Å². The van der Waals surface area contributed by atoms with Crippen molar-refractivity contribution in [3.63, 3.8) is 0 Å². The second kappa shape index (κ2) is 9.77. The van der Waals surface area contributed by atoms with Crippen LogP contribution in [0, 0.1) is 10.8 Å². The molecule has 3 aliphatic rings. The molecule has 0 N–H and O–H groups in total. The molecule has 0 unspecified atom stereocenters. The first-order chi connectivity index (χ1) is 17.9. The van der Waals surface area contributed by atoms with Gasteiger partial charge in [0.2, 0.25) is 0 Å². The van der Waals surface area contributed by atoms with Crippen LogP contribution in [0.3, 0.4) is 0 Å². The minimum atomic E-state index is -0.591. The first-order valence-corrected chi connectivity index (χ1v) is 13.6.